The van der Waals surface area contributed by atoms with Gasteiger partial charge in [0.1, 0.15) is 5.69 Å². The zero-order valence-corrected chi connectivity index (χ0v) is 13.1. The molecular formula is C15H18N4O2S. The van der Waals surface area contributed by atoms with Crippen LogP contribution in [-0.4, -0.2) is 29.9 Å². The van der Waals surface area contributed by atoms with Gasteiger partial charge in [-0.1, -0.05) is 12.1 Å². The lowest BCUT2D eigenvalue weighted by molar-refractivity contribution is 0.0956. The number of amides is 2. The van der Waals surface area contributed by atoms with Crippen LogP contribution in [-0.2, 0) is 6.42 Å². The van der Waals surface area contributed by atoms with Crippen LogP contribution in [0.5, 0.6) is 0 Å². The third-order valence-corrected chi connectivity index (χ3v) is 3.81. The van der Waals surface area contributed by atoms with Crippen molar-refractivity contribution in [3.63, 3.8) is 0 Å². The van der Waals surface area contributed by atoms with Gasteiger partial charge in [0.25, 0.3) is 11.8 Å². The second-order valence-electron chi connectivity index (χ2n) is 4.52. The molecule has 1 aromatic heterocycles. The molecular weight excluding hydrogens is 300 g/mol. The molecule has 4 N–H and O–H groups in total. The Morgan fingerprint density at radius 2 is 2.05 bits per heavy atom. The molecule has 1 heterocycles. The number of para-hydroxylation sites is 1. The number of aromatic nitrogens is 1. The summed E-state index contributed by atoms with van der Waals surface area (Å²) in [5.74, 6) is -0.559. The minimum atomic E-state index is -0.337. The number of anilines is 1. The van der Waals surface area contributed by atoms with E-state index in [1.807, 2.05) is 6.92 Å². The van der Waals surface area contributed by atoms with Crippen LogP contribution in [0.3, 0.4) is 0 Å². The maximum Gasteiger partial charge on any atom is 0.275 e. The summed E-state index contributed by atoms with van der Waals surface area (Å²) in [7, 11) is 0. The Labute approximate surface area is 132 Å². The topological polar surface area (TPSA) is 97.1 Å². The van der Waals surface area contributed by atoms with Crippen molar-refractivity contribution in [2.45, 2.75) is 13.3 Å². The molecule has 0 bridgehead atoms. The van der Waals surface area contributed by atoms with Gasteiger partial charge in [-0.15, -0.1) is 11.3 Å². The number of nitrogens with two attached hydrogens (primary N) is 1. The standard InChI is InChI=1S/C15H18N4O2S/c1-2-17-14(20)10-5-3-4-6-11(10)19-15(21)12-9-22-13(18-12)7-8-16/h3-6,9H,2,7-8,16H2,1H3,(H,17,20)(H,19,21). The lowest BCUT2D eigenvalue weighted by Gasteiger charge is -2.09. The second kappa shape index (κ2) is 7.67. The SMILES string of the molecule is CCNC(=O)c1ccccc1NC(=O)c1csc(CCN)n1. The Morgan fingerprint density at radius 3 is 2.77 bits per heavy atom. The summed E-state index contributed by atoms with van der Waals surface area (Å²) in [5.41, 5.74) is 6.70. The Bertz CT molecular complexity index is 669. The number of rotatable bonds is 6. The maximum atomic E-state index is 12.2. The summed E-state index contributed by atoms with van der Waals surface area (Å²) < 4.78 is 0. The van der Waals surface area contributed by atoms with Gasteiger partial charge in [-0.2, -0.15) is 0 Å². The van der Waals surface area contributed by atoms with Gasteiger partial charge in [0.15, 0.2) is 0 Å². The largest absolute Gasteiger partial charge is 0.352 e. The van der Waals surface area contributed by atoms with Crippen LogP contribution in [0.25, 0.3) is 0 Å². The molecule has 2 rings (SSSR count). The molecule has 0 aliphatic heterocycles. The van der Waals surface area contributed by atoms with Crippen molar-refractivity contribution in [3.05, 3.63) is 45.9 Å². The van der Waals surface area contributed by atoms with Gasteiger partial charge in [0.05, 0.1) is 16.3 Å². The summed E-state index contributed by atoms with van der Waals surface area (Å²) in [6.07, 6.45) is 0.646. The van der Waals surface area contributed by atoms with Crippen LogP contribution in [0, 0.1) is 0 Å². The molecule has 0 unspecified atom stereocenters. The molecule has 7 heteroatoms. The smallest absolute Gasteiger partial charge is 0.275 e. The molecule has 0 radical (unpaired) electrons. The van der Waals surface area contributed by atoms with Crippen LogP contribution in [0.2, 0.25) is 0 Å². The number of nitrogens with one attached hydrogen (secondary N) is 2. The maximum absolute atomic E-state index is 12.2. The quantitative estimate of drug-likeness (QED) is 0.754. The van der Waals surface area contributed by atoms with Crippen molar-refractivity contribution >= 4 is 28.8 Å². The number of carbonyl (C=O) groups is 2. The molecule has 6 nitrogen and oxygen atoms in total. The Hall–Kier alpha value is -2.25. The third kappa shape index (κ3) is 3.90. The average Bonchev–Trinajstić information content (AvgIpc) is 2.97. The summed E-state index contributed by atoms with van der Waals surface area (Å²) in [5, 5.41) is 7.97. The number of hydrogen-bond donors (Lipinski definition) is 3. The number of benzene rings is 1. The van der Waals surface area contributed by atoms with E-state index < -0.39 is 0 Å². The van der Waals surface area contributed by atoms with Crippen molar-refractivity contribution in [2.24, 2.45) is 5.73 Å². The third-order valence-electron chi connectivity index (χ3n) is 2.90. The number of nitrogens with zero attached hydrogens (tertiary/aromatic N) is 1. The molecule has 0 atom stereocenters. The molecule has 22 heavy (non-hydrogen) atoms. The lowest BCUT2D eigenvalue weighted by Crippen LogP contribution is -2.24. The van der Waals surface area contributed by atoms with Gasteiger partial charge < -0.3 is 16.4 Å². The number of hydrogen-bond acceptors (Lipinski definition) is 5. The highest BCUT2D eigenvalue weighted by Crippen LogP contribution is 2.17. The van der Waals surface area contributed by atoms with Crippen LogP contribution < -0.4 is 16.4 Å². The molecule has 1 aromatic carbocycles. The van der Waals surface area contributed by atoms with Crippen LogP contribution in [0.4, 0.5) is 5.69 Å². The van der Waals surface area contributed by atoms with E-state index in [4.69, 9.17) is 5.73 Å². The van der Waals surface area contributed by atoms with Gasteiger partial charge in [-0.25, -0.2) is 4.98 Å². The average molecular weight is 318 g/mol. The van der Waals surface area contributed by atoms with Crippen LogP contribution in [0.1, 0.15) is 32.8 Å². The van der Waals surface area contributed by atoms with E-state index >= 15 is 0 Å². The van der Waals surface area contributed by atoms with E-state index in [2.05, 4.69) is 15.6 Å². The molecule has 0 saturated heterocycles. The van der Waals surface area contributed by atoms with Crippen LogP contribution >= 0.6 is 11.3 Å². The molecule has 0 fully saturated rings. The monoisotopic (exact) mass is 318 g/mol. The summed E-state index contributed by atoms with van der Waals surface area (Å²) in [6.45, 7) is 2.86. The van der Waals surface area contributed by atoms with Gasteiger partial charge >= 0.3 is 0 Å². The molecule has 2 amide bonds. The number of carbonyl (C=O) groups excluding carboxylic acids is 2. The summed E-state index contributed by atoms with van der Waals surface area (Å²) >= 11 is 1.40. The van der Waals surface area contributed by atoms with E-state index in [-0.39, 0.29) is 11.8 Å². The Morgan fingerprint density at radius 1 is 1.27 bits per heavy atom. The minimum Gasteiger partial charge on any atom is -0.352 e. The molecule has 0 aliphatic rings. The predicted octanol–water partition coefficient (Wildman–Crippen LogP) is 1.65. The minimum absolute atomic E-state index is 0.222. The fraction of sp³-hybridized carbons (Fsp3) is 0.267. The van der Waals surface area contributed by atoms with Gasteiger partial charge in [0.2, 0.25) is 0 Å². The summed E-state index contributed by atoms with van der Waals surface area (Å²) in [6, 6.07) is 6.87. The first-order valence-electron chi connectivity index (χ1n) is 6.98. The Balaban J connectivity index is 2.15. The molecule has 0 spiro atoms. The van der Waals surface area contributed by atoms with Crippen molar-refractivity contribution < 1.29 is 9.59 Å². The highest BCUT2D eigenvalue weighted by Gasteiger charge is 2.15. The first-order chi connectivity index (χ1) is 10.7. The van der Waals surface area contributed by atoms with Gasteiger partial charge in [-0.3, -0.25) is 9.59 Å². The van der Waals surface area contributed by atoms with E-state index in [9.17, 15) is 9.59 Å². The molecule has 0 aliphatic carbocycles. The summed E-state index contributed by atoms with van der Waals surface area (Å²) in [4.78, 5) is 28.5. The normalized spacial score (nSPS) is 10.3. The fourth-order valence-corrected chi connectivity index (χ4v) is 2.68. The van der Waals surface area contributed by atoms with Gasteiger partial charge in [0, 0.05) is 18.3 Å². The first kappa shape index (κ1) is 16.1. The zero-order valence-electron chi connectivity index (χ0n) is 12.3. The predicted molar refractivity (Wildman–Crippen MR) is 87.3 cm³/mol. The van der Waals surface area contributed by atoms with E-state index in [1.54, 1.807) is 29.6 Å². The molecule has 0 saturated carbocycles. The Kier molecular flexibility index (Phi) is 5.62. The zero-order chi connectivity index (χ0) is 15.9. The number of thiazole rings is 1. The highest BCUT2D eigenvalue weighted by molar-refractivity contribution is 7.09. The van der Waals surface area contributed by atoms with Gasteiger partial charge in [-0.05, 0) is 25.6 Å². The fourth-order valence-electron chi connectivity index (χ4n) is 1.89. The van der Waals surface area contributed by atoms with Crippen molar-refractivity contribution in [2.75, 3.05) is 18.4 Å². The van der Waals surface area contributed by atoms with Crippen molar-refractivity contribution in [1.82, 2.24) is 10.3 Å². The first-order valence-corrected chi connectivity index (χ1v) is 7.86. The molecule has 116 valence electrons. The molecule has 2 aromatic rings. The van der Waals surface area contributed by atoms with Crippen molar-refractivity contribution in [3.8, 4) is 0 Å². The second-order valence-corrected chi connectivity index (χ2v) is 5.47. The highest BCUT2D eigenvalue weighted by atomic mass is 32.1. The van der Waals surface area contributed by atoms with E-state index in [0.717, 1.165) is 5.01 Å². The lowest BCUT2D eigenvalue weighted by atomic mass is 10.1. The van der Waals surface area contributed by atoms with Crippen LogP contribution in [0.15, 0.2) is 29.6 Å². The van der Waals surface area contributed by atoms with Crippen molar-refractivity contribution in [1.29, 1.82) is 0 Å². The van der Waals surface area contributed by atoms with E-state index in [0.29, 0.717) is 36.5 Å². The van der Waals surface area contributed by atoms with E-state index in [1.165, 1.54) is 11.3 Å².